The first-order valence-electron chi connectivity index (χ1n) is 9.23. The Hall–Kier alpha value is -3.02. The minimum Gasteiger partial charge on any atom is -0.492 e. The molecule has 1 N–H and O–H groups in total. The molecule has 0 atom stereocenters. The highest BCUT2D eigenvalue weighted by molar-refractivity contribution is 5.95. The van der Waals surface area contributed by atoms with Gasteiger partial charge in [-0.25, -0.2) is 9.59 Å². The standard InChI is InChI=1S/C21H22N2O4/c1-2-26-18-10-6-5-9-17(18)22-20(25)23-13-11-21(12-14-23)16-8-4-3-7-15(16)19(24)27-21/h3-10H,2,11-14H2,1H3,(H,22,25). The summed E-state index contributed by atoms with van der Waals surface area (Å²) in [4.78, 5) is 26.6. The van der Waals surface area contributed by atoms with Crippen molar-refractivity contribution in [2.45, 2.75) is 25.4 Å². The molecule has 0 saturated carbocycles. The van der Waals surface area contributed by atoms with Crippen molar-refractivity contribution in [3.63, 3.8) is 0 Å². The fourth-order valence-corrected chi connectivity index (χ4v) is 3.83. The lowest BCUT2D eigenvalue weighted by atomic mass is 9.84. The number of benzene rings is 2. The van der Waals surface area contributed by atoms with Crippen LogP contribution in [0.2, 0.25) is 0 Å². The van der Waals surface area contributed by atoms with Gasteiger partial charge in [-0.3, -0.25) is 0 Å². The van der Waals surface area contributed by atoms with Crippen molar-refractivity contribution in [3.05, 3.63) is 59.7 Å². The molecule has 1 fully saturated rings. The van der Waals surface area contributed by atoms with Crippen LogP contribution in [-0.2, 0) is 10.3 Å². The zero-order chi connectivity index (χ0) is 18.9. The van der Waals surface area contributed by atoms with Crippen molar-refractivity contribution in [1.29, 1.82) is 0 Å². The number of fused-ring (bicyclic) bond motifs is 2. The highest BCUT2D eigenvalue weighted by Crippen LogP contribution is 2.44. The minimum atomic E-state index is -0.603. The van der Waals surface area contributed by atoms with E-state index in [1.807, 2.05) is 49.4 Å². The normalized spacial score (nSPS) is 17.4. The van der Waals surface area contributed by atoms with Gasteiger partial charge in [0, 0.05) is 31.5 Å². The molecule has 2 aliphatic heterocycles. The number of carbonyl (C=O) groups excluding carboxylic acids is 2. The summed E-state index contributed by atoms with van der Waals surface area (Å²) < 4.78 is 11.3. The average Bonchev–Trinajstić information content (AvgIpc) is 2.96. The number of carbonyl (C=O) groups is 2. The number of rotatable bonds is 3. The second-order valence-corrected chi connectivity index (χ2v) is 6.78. The van der Waals surface area contributed by atoms with Crippen LogP contribution in [0.5, 0.6) is 5.75 Å². The molecule has 2 aliphatic rings. The van der Waals surface area contributed by atoms with E-state index < -0.39 is 5.60 Å². The first kappa shape index (κ1) is 17.4. The number of ether oxygens (including phenoxy) is 2. The molecule has 27 heavy (non-hydrogen) atoms. The molecule has 2 aromatic carbocycles. The Bertz CT molecular complexity index is 872. The maximum atomic E-state index is 12.7. The van der Waals surface area contributed by atoms with E-state index in [4.69, 9.17) is 9.47 Å². The zero-order valence-corrected chi connectivity index (χ0v) is 15.2. The van der Waals surface area contributed by atoms with Crippen molar-refractivity contribution in [1.82, 2.24) is 4.90 Å². The molecule has 0 aliphatic carbocycles. The number of esters is 1. The van der Waals surface area contributed by atoms with Gasteiger partial charge in [0.25, 0.3) is 0 Å². The van der Waals surface area contributed by atoms with Gasteiger partial charge in [-0.1, -0.05) is 30.3 Å². The van der Waals surface area contributed by atoms with E-state index in [0.717, 1.165) is 5.56 Å². The van der Waals surface area contributed by atoms with Crippen molar-refractivity contribution in [2.75, 3.05) is 25.0 Å². The van der Waals surface area contributed by atoms with Crippen LogP contribution in [0.15, 0.2) is 48.5 Å². The highest BCUT2D eigenvalue weighted by atomic mass is 16.6. The molecule has 1 spiro atoms. The van der Waals surface area contributed by atoms with Gasteiger partial charge in [0.15, 0.2) is 0 Å². The maximum Gasteiger partial charge on any atom is 0.339 e. The monoisotopic (exact) mass is 366 g/mol. The summed E-state index contributed by atoms with van der Waals surface area (Å²) in [5.41, 5.74) is 1.63. The van der Waals surface area contributed by atoms with Crippen molar-refractivity contribution >= 4 is 17.7 Å². The summed E-state index contributed by atoms with van der Waals surface area (Å²) in [7, 11) is 0. The molecule has 0 unspecified atom stereocenters. The van der Waals surface area contributed by atoms with Crippen LogP contribution < -0.4 is 10.1 Å². The van der Waals surface area contributed by atoms with Crippen LogP contribution >= 0.6 is 0 Å². The van der Waals surface area contributed by atoms with E-state index in [1.54, 1.807) is 11.0 Å². The van der Waals surface area contributed by atoms with Gasteiger partial charge < -0.3 is 19.7 Å². The summed E-state index contributed by atoms with van der Waals surface area (Å²) in [5, 5.41) is 2.93. The Labute approximate surface area is 158 Å². The minimum absolute atomic E-state index is 0.172. The summed E-state index contributed by atoms with van der Waals surface area (Å²) in [6.45, 7) is 3.47. The molecule has 6 nitrogen and oxygen atoms in total. The Balaban J connectivity index is 1.45. The smallest absolute Gasteiger partial charge is 0.339 e. The van der Waals surface area contributed by atoms with Gasteiger partial charge >= 0.3 is 12.0 Å². The molecule has 4 rings (SSSR count). The molecule has 1 saturated heterocycles. The van der Waals surface area contributed by atoms with Crippen molar-refractivity contribution in [2.24, 2.45) is 0 Å². The summed E-state index contributed by atoms with van der Waals surface area (Å²) in [6.07, 6.45) is 1.19. The van der Waals surface area contributed by atoms with Crippen LogP contribution in [0.3, 0.4) is 0 Å². The number of anilines is 1. The molecule has 0 aromatic heterocycles. The highest BCUT2D eigenvalue weighted by Gasteiger charge is 2.47. The summed E-state index contributed by atoms with van der Waals surface area (Å²) in [5.74, 6) is 0.384. The third-order valence-corrected chi connectivity index (χ3v) is 5.21. The van der Waals surface area contributed by atoms with Crippen LogP contribution in [0.25, 0.3) is 0 Å². The SMILES string of the molecule is CCOc1ccccc1NC(=O)N1CCC2(CC1)OC(=O)c1ccccc12. The maximum absolute atomic E-state index is 12.7. The molecule has 0 bridgehead atoms. The Morgan fingerprint density at radius 1 is 1.15 bits per heavy atom. The predicted molar refractivity (Wildman–Crippen MR) is 101 cm³/mol. The number of amides is 2. The van der Waals surface area contributed by atoms with E-state index >= 15 is 0 Å². The quantitative estimate of drug-likeness (QED) is 0.840. The Morgan fingerprint density at radius 2 is 1.85 bits per heavy atom. The Morgan fingerprint density at radius 3 is 2.63 bits per heavy atom. The number of hydrogen-bond donors (Lipinski definition) is 1. The van der Waals surface area contributed by atoms with Gasteiger partial charge in [0.05, 0.1) is 17.9 Å². The van der Waals surface area contributed by atoms with E-state index in [-0.39, 0.29) is 12.0 Å². The largest absolute Gasteiger partial charge is 0.492 e. The van der Waals surface area contributed by atoms with E-state index in [9.17, 15) is 9.59 Å². The molecule has 2 aromatic rings. The van der Waals surface area contributed by atoms with Crippen LogP contribution in [0.4, 0.5) is 10.5 Å². The lowest BCUT2D eigenvalue weighted by Gasteiger charge is -2.38. The molecular formula is C21H22N2O4. The van der Waals surface area contributed by atoms with E-state index in [2.05, 4.69) is 5.32 Å². The zero-order valence-electron chi connectivity index (χ0n) is 15.2. The lowest BCUT2D eigenvalue weighted by molar-refractivity contribution is -0.0363. The number of piperidine rings is 1. The Kier molecular flexibility index (Phi) is 4.48. The van der Waals surface area contributed by atoms with Gasteiger partial charge in [0.1, 0.15) is 11.4 Å². The summed E-state index contributed by atoms with van der Waals surface area (Å²) >= 11 is 0. The third-order valence-electron chi connectivity index (χ3n) is 5.21. The lowest BCUT2D eigenvalue weighted by Crippen LogP contribution is -2.46. The number of para-hydroxylation sites is 2. The fraction of sp³-hybridized carbons (Fsp3) is 0.333. The van der Waals surface area contributed by atoms with E-state index in [0.29, 0.717) is 49.5 Å². The van der Waals surface area contributed by atoms with E-state index in [1.165, 1.54) is 0 Å². The predicted octanol–water partition coefficient (Wildman–Crippen LogP) is 3.78. The second kappa shape index (κ2) is 6.95. The average molecular weight is 366 g/mol. The van der Waals surface area contributed by atoms with Crippen LogP contribution in [0.1, 0.15) is 35.7 Å². The first-order valence-corrected chi connectivity index (χ1v) is 9.23. The number of hydrogen-bond acceptors (Lipinski definition) is 4. The first-order chi connectivity index (χ1) is 13.1. The van der Waals surface area contributed by atoms with Gasteiger partial charge in [0.2, 0.25) is 0 Å². The number of nitrogens with one attached hydrogen (secondary N) is 1. The second-order valence-electron chi connectivity index (χ2n) is 6.78. The molecule has 140 valence electrons. The molecule has 6 heteroatoms. The molecule has 2 heterocycles. The van der Waals surface area contributed by atoms with Gasteiger partial charge in [-0.05, 0) is 25.1 Å². The van der Waals surface area contributed by atoms with Crippen molar-refractivity contribution in [3.8, 4) is 5.75 Å². The number of nitrogens with zero attached hydrogens (tertiary/aromatic N) is 1. The third kappa shape index (κ3) is 3.12. The topological polar surface area (TPSA) is 67.9 Å². The summed E-state index contributed by atoms with van der Waals surface area (Å²) in [6, 6.07) is 14.7. The van der Waals surface area contributed by atoms with Gasteiger partial charge in [-0.15, -0.1) is 0 Å². The fourth-order valence-electron chi connectivity index (χ4n) is 3.83. The number of likely N-dealkylation sites (tertiary alicyclic amines) is 1. The molecule has 0 radical (unpaired) electrons. The van der Waals surface area contributed by atoms with Crippen molar-refractivity contribution < 1.29 is 19.1 Å². The molecule has 2 amide bonds. The number of urea groups is 1. The van der Waals surface area contributed by atoms with Crippen LogP contribution in [0, 0.1) is 0 Å². The van der Waals surface area contributed by atoms with Gasteiger partial charge in [-0.2, -0.15) is 0 Å². The molecular weight excluding hydrogens is 344 g/mol. The van der Waals surface area contributed by atoms with Crippen LogP contribution in [-0.4, -0.2) is 36.6 Å².